The molecule has 3 aromatic rings. The highest BCUT2D eigenvalue weighted by Crippen LogP contribution is 2.27. The normalized spacial score (nSPS) is 10.5. The van der Waals surface area contributed by atoms with E-state index in [2.05, 4.69) is 15.0 Å². The van der Waals surface area contributed by atoms with Gasteiger partial charge < -0.3 is 9.84 Å². The summed E-state index contributed by atoms with van der Waals surface area (Å²) < 4.78 is 5.15. The minimum absolute atomic E-state index is 0.147. The number of nitrogens with zero attached hydrogens (tertiary/aromatic N) is 3. The van der Waals surface area contributed by atoms with Gasteiger partial charge in [0.15, 0.2) is 11.6 Å². The van der Waals surface area contributed by atoms with Crippen LogP contribution in [0.1, 0.15) is 5.82 Å². The van der Waals surface area contributed by atoms with Crippen LogP contribution in [0.25, 0.3) is 22.8 Å². The number of phenolic OH excluding ortho intramolecular Hbond substituents is 1. The second-order valence-electron chi connectivity index (χ2n) is 4.78. The maximum atomic E-state index is 9.97. The molecule has 0 radical (unpaired) electrons. The summed E-state index contributed by atoms with van der Waals surface area (Å²) in [4.78, 5) is 13.2. The summed E-state index contributed by atoms with van der Waals surface area (Å²) >= 11 is 0. The lowest BCUT2D eigenvalue weighted by Crippen LogP contribution is -1.99. The average Bonchev–Trinajstić information content (AvgIpc) is 2.55. The smallest absolute Gasteiger partial charge is 0.167 e. The van der Waals surface area contributed by atoms with Crippen LogP contribution >= 0.6 is 0 Å². The van der Waals surface area contributed by atoms with Crippen molar-refractivity contribution in [2.24, 2.45) is 0 Å². The quantitative estimate of drug-likeness (QED) is 0.803. The molecule has 0 aliphatic carbocycles. The third kappa shape index (κ3) is 2.74. The molecule has 5 nitrogen and oxygen atoms in total. The fraction of sp³-hybridized carbons (Fsp3) is 0.118. The Labute approximate surface area is 128 Å². The van der Waals surface area contributed by atoms with E-state index in [9.17, 15) is 5.11 Å². The van der Waals surface area contributed by atoms with E-state index < -0.39 is 0 Å². The van der Waals surface area contributed by atoms with Gasteiger partial charge in [0.1, 0.15) is 17.3 Å². The number of rotatable bonds is 3. The van der Waals surface area contributed by atoms with Gasteiger partial charge in [0.25, 0.3) is 0 Å². The van der Waals surface area contributed by atoms with Crippen LogP contribution in [0.4, 0.5) is 0 Å². The first kappa shape index (κ1) is 14.0. The zero-order valence-corrected chi connectivity index (χ0v) is 12.3. The molecule has 1 heterocycles. The van der Waals surface area contributed by atoms with Gasteiger partial charge in [-0.1, -0.05) is 12.1 Å². The lowest BCUT2D eigenvalue weighted by atomic mass is 10.1. The monoisotopic (exact) mass is 293 g/mol. The molecule has 0 atom stereocenters. The van der Waals surface area contributed by atoms with Crippen LogP contribution in [0.3, 0.4) is 0 Å². The Bertz CT molecular complexity index is 801. The van der Waals surface area contributed by atoms with E-state index in [0.717, 1.165) is 11.3 Å². The third-order valence-electron chi connectivity index (χ3n) is 3.24. The number of methoxy groups -OCH3 is 1. The lowest BCUT2D eigenvalue weighted by molar-refractivity contribution is 0.415. The topological polar surface area (TPSA) is 68.1 Å². The van der Waals surface area contributed by atoms with E-state index >= 15 is 0 Å². The molecule has 0 aliphatic heterocycles. The zero-order valence-electron chi connectivity index (χ0n) is 12.3. The summed E-state index contributed by atoms with van der Waals surface area (Å²) in [7, 11) is 1.62. The average molecular weight is 293 g/mol. The van der Waals surface area contributed by atoms with Gasteiger partial charge in [-0.2, -0.15) is 0 Å². The first-order valence-electron chi connectivity index (χ1n) is 6.83. The van der Waals surface area contributed by atoms with Gasteiger partial charge in [-0.15, -0.1) is 0 Å². The van der Waals surface area contributed by atoms with Crippen molar-refractivity contribution in [2.75, 3.05) is 7.11 Å². The Morgan fingerprint density at radius 1 is 0.864 bits per heavy atom. The number of aryl methyl sites for hydroxylation is 1. The van der Waals surface area contributed by atoms with Crippen molar-refractivity contribution in [2.45, 2.75) is 6.92 Å². The van der Waals surface area contributed by atoms with Crippen molar-refractivity contribution in [1.29, 1.82) is 0 Å². The molecule has 0 fully saturated rings. The Morgan fingerprint density at radius 3 is 2.23 bits per heavy atom. The van der Waals surface area contributed by atoms with Gasteiger partial charge in [0, 0.05) is 5.56 Å². The van der Waals surface area contributed by atoms with E-state index in [-0.39, 0.29) is 5.75 Å². The van der Waals surface area contributed by atoms with Crippen molar-refractivity contribution in [3.8, 4) is 34.3 Å². The number of ether oxygens (including phenoxy) is 1. The molecule has 0 aliphatic rings. The van der Waals surface area contributed by atoms with E-state index in [1.807, 2.05) is 30.3 Å². The van der Waals surface area contributed by atoms with Crippen LogP contribution in [0.2, 0.25) is 0 Å². The number of para-hydroxylation sites is 1. The highest BCUT2D eigenvalue weighted by molar-refractivity contribution is 5.66. The molecule has 22 heavy (non-hydrogen) atoms. The number of phenols is 1. The van der Waals surface area contributed by atoms with E-state index in [4.69, 9.17) is 4.74 Å². The summed E-state index contributed by atoms with van der Waals surface area (Å²) in [6.45, 7) is 1.80. The van der Waals surface area contributed by atoms with Crippen molar-refractivity contribution < 1.29 is 9.84 Å². The summed E-state index contributed by atoms with van der Waals surface area (Å²) in [5, 5.41) is 9.97. The number of hydrogen-bond acceptors (Lipinski definition) is 5. The largest absolute Gasteiger partial charge is 0.507 e. The Kier molecular flexibility index (Phi) is 3.70. The number of hydrogen-bond donors (Lipinski definition) is 1. The number of aromatic nitrogens is 3. The molecule has 0 spiro atoms. The molecule has 0 amide bonds. The van der Waals surface area contributed by atoms with Gasteiger partial charge in [0.05, 0.1) is 12.7 Å². The molecule has 1 aromatic heterocycles. The molecule has 0 saturated carbocycles. The molecular weight excluding hydrogens is 278 g/mol. The van der Waals surface area contributed by atoms with Crippen LogP contribution < -0.4 is 4.74 Å². The standard InChI is InChI=1S/C17H15N3O2/c1-11-18-16(12-7-9-13(22-2)10-8-12)20-17(19-11)14-5-3-4-6-15(14)21/h3-10,21H,1-2H3. The molecule has 0 bridgehead atoms. The van der Waals surface area contributed by atoms with Crippen LogP contribution in [0.15, 0.2) is 48.5 Å². The summed E-state index contributed by atoms with van der Waals surface area (Å²) in [5.41, 5.74) is 1.45. The van der Waals surface area contributed by atoms with Gasteiger partial charge >= 0.3 is 0 Å². The van der Waals surface area contributed by atoms with Gasteiger partial charge in [-0.05, 0) is 43.3 Å². The SMILES string of the molecule is COc1ccc(-c2nc(C)nc(-c3ccccc3O)n2)cc1. The van der Waals surface area contributed by atoms with Gasteiger partial charge in [-0.25, -0.2) is 15.0 Å². The van der Waals surface area contributed by atoms with Crippen LogP contribution in [-0.2, 0) is 0 Å². The minimum Gasteiger partial charge on any atom is -0.507 e. The van der Waals surface area contributed by atoms with Crippen molar-refractivity contribution >= 4 is 0 Å². The Balaban J connectivity index is 2.08. The van der Waals surface area contributed by atoms with Crippen molar-refractivity contribution in [3.63, 3.8) is 0 Å². The summed E-state index contributed by atoms with van der Waals surface area (Å²) in [5.74, 6) is 2.54. The number of aromatic hydroxyl groups is 1. The molecule has 5 heteroatoms. The highest BCUT2D eigenvalue weighted by Gasteiger charge is 2.11. The van der Waals surface area contributed by atoms with E-state index in [1.54, 1.807) is 32.2 Å². The maximum Gasteiger partial charge on any atom is 0.167 e. The minimum atomic E-state index is 0.147. The maximum absolute atomic E-state index is 9.97. The van der Waals surface area contributed by atoms with Crippen LogP contribution in [-0.4, -0.2) is 27.2 Å². The molecular formula is C17H15N3O2. The highest BCUT2D eigenvalue weighted by atomic mass is 16.5. The second kappa shape index (κ2) is 5.81. The van der Waals surface area contributed by atoms with Crippen LogP contribution in [0.5, 0.6) is 11.5 Å². The predicted octanol–water partition coefficient (Wildman–Crippen LogP) is 3.23. The van der Waals surface area contributed by atoms with E-state index in [1.165, 1.54) is 0 Å². The summed E-state index contributed by atoms with van der Waals surface area (Å²) in [6.07, 6.45) is 0. The molecule has 2 aromatic carbocycles. The number of benzene rings is 2. The second-order valence-corrected chi connectivity index (χ2v) is 4.78. The van der Waals surface area contributed by atoms with Gasteiger partial charge in [0.2, 0.25) is 0 Å². The lowest BCUT2D eigenvalue weighted by Gasteiger charge is -2.07. The first-order valence-corrected chi connectivity index (χ1v) is 6.83. The third-order valence-corrected chi connectivity index (χ3v) is 3.24. The Morgan fingerprint density at radius 2 is 1.55 bits per heavy atom. The first-order chi connectivity index (χ1) is 10.7. The zero-order chi connectivity index (χ0) is 15.5. The van der Waals surface area contributed by atoms with Crippen LogP contribution in [0, 0.1) is 6.92 Å². The molecule has 3 rings (SSSR count). The fourth-order valence-corrected chi connectivity index (χ4v) is 2.13. The molecule has 110 valence electrons. The fourth-order valence-electron chi connectivity index (χ4n) is 2.13. The van der Waals surface area contributed by atoms with Gasteiger partial charge in [-0.3, -0.25) is 0 Å². The molecule has 0 unspecified atom stereocenters. The van der Waals surface area contributed by atoms with Crippen molar-refractivity contribution in [1.82, 2.24) is 15.0 Å². The molecule has 1 N–H and O–H groups in total. The summed E-state index contributed by atoms with van der Waals surface area (Å²) in [6, 6.07) is 14.5. The van der Waals surface area contributed by atoms with Crippen molar-refractivity contribution in [3.05, 3.63) is 54.4 Å². The predicted molar refractivity (Wildman–Crippen MR) is 83.7 cm³/mol. The molecule has 0 saturated heterocycles. The Hall–Kier alpha value is -2.95. The van der Waals surface area contributed by atoms with E-state index in [0.29, 0.717) is 23.0 Å².